The third-order valence-electron chi connectivity index (χ3n) is 1.24. The van der Waals surface area contributed by atoms with Crippen molar-refractivity contribution in [2.75, 3.05) is 12.4 Å². The average Bonchev–Trinajstić information content (AvgIpc) is 1.84. The summed E-state index contributed by atoms with van der Waals surface area (Å²) in [6.45, 7) is 5.89. The number of hydrogen-bond acceptors (Lipinski definition) is 4. The maximum absolute atomic E-state index is 10.9. The summed E-state index contributed by atoms with van der Waals surface area (Å²) >= 11 is 0. The highest BCUT2D eigenvalue weighted by Crippen LogP contribution is 2.03. The lowest BCUT2D eigenvalue weighted by atomic mass is 10.2. The van der Waals surface area contributed by atoms with Crippen LogP contribution in [-0.2, 0) is 14.3 Å². The smallest absolute Gasteiger partial charge is 0.267 e. The third-order valence-corrected chi connectivity index (χ3v) is 2.57. The van der Waals surface area contributed by atoms with E-state index < -0.39 is 10.1 Å². The predicted octanol–water partition coefficient (Wildman–Crippen LogP) is 1.56. The molecule has 0 amide bonds. The first kappa shape index (κ1) is 14.4. The van der Waals surface area contributed by atoms with Gasteiger partial charge < -0.3 is 6.15 Å². The Morgan fingerprint density at radius 2 is 1.83 bits per heavy atom. The maximum atomic E-state index is 10.9. The monoisotopic (exact) mass is 197 g/mol. The summed E-state index contributed by atoms with van der Waals surface area (Å²) in [6.07, 6.45) is 0.669. The van der Waals surface area contributed by atoms with Gasteiger partial charge >= 0.3 is 0 Å². The summed E-state index contributed by atoms with van der Waals surface area (Å²) < 4.78 is 26.4. The van der Waals surface area contributed by atoms with E-state index in [1.807, 2.05) is 13.8 Å². The van der Waals surface area contributed by atoms with Crippen molar-refractivity contribution >= 4 is 10.1 Å². The molecule has 5 heteroatoms. The molecule has 0 heterocycles. The summed E-state index contributed by atoms with van der Waals surface area (Å²) in [5.74, 6) is 0.545. The molecule has 0 bridgehead atoms. The van der Waals surface area contributed by atoms with Crippen molar-refractivity contribution in [2.24, 2.45) is 5.92 Å². The molecule has 0 aromatic rings. The Bertz CT molecular complexity index is 187. The van der Waals surface area contributed by atoms with E-state index in [1.165, 1.54) is 0 Å². The van der Waals surface area contributed by atoms with Crippen LogP contribution in [0.3, 0.4) is 0 Å². The fourth-order valence-corrected chi connectivity index (χ4v) is 1.86. The van der Waals surface area contributed by atoms with Crippen LogP contribution in [0.15, 0.2) is 0 Å². The van der Waals surface area contributed by atoms with Gasteiger partial charge in [0.05, 0.1) is 12.4 Å². The highest BCUT2D eigenvalue weighted by atomic mass is 32.2. The van der Waals surface area contributed by atoms with Gasteiger partial charge in [-0.05, 0) is 19.3 Å². The first-order valence-electron chi connectivity index (χ1n) is 3.85. The van der Waals surface area contributed by atoms with Crippen LogP contribution < -0.4 is 6.15 Å². The molecular formula is C7H19NO3S. The van der Waals surface area contributed by atoms with Crippen LogP contribution in [0.5, 0.6) is 0 Å². The molecular weight excluding hydrogens is 178 g/mol. The molecule has 0 aromatic carbocycles. The van der Waals surface area contributed by atoms with Crippen LogP contribution in [-0.4, -0.2) is 20.8 Å². The van der Waals surface area contributed by atoms with E-state index in [1.54, 1.807) is 6.92 Å². The van der Waals surface area contributed by atoms with Crippen molar-refractivity contribution in [2.45, 2.75) is 27.2 Å². The van der Waals surface area contributed by atoms with Crippen molar-refractivity contribution in [3.63, 3.8) is 0 Å². The molecule has 0 aliphatic rings. The first-order valence-corrected chi connectivity index (χ1v) is 5.42. The minimum Gasteiger partial charge on any atom is -0.344 e. The van der Waals surface area contributed by atoms with E-state index in [9.17, 15) is 8.42 Å². The minimum absolute atomic E-state index is 0. The zero-order chi connectivity index (χ0) is 8.91. The van der Waals surface area contributed by atoms with Crippen LogP contribution >= 0.6 is 0 Å². The normalized spacial score (nSPS) is 11.3. The Kier molecular flexibility index (Phi) is 7.67. The van der Waals surface area contributed by atoms with Gasteiger partial charge in [-0.25, -0.2) is 0 Å². The fourth-order valence-electron chi connectivity index (χ4n) is 0.619. The Hall–Kier alpha value is -0.130. The second-order valence-electron chi connectivity index (χ2n) is 2.85. The zero-order valence-corrected chi connectivity index (χ0v) is 8.86. The summed E-state index contributed by atoms with van der Waals surface area (Å²) in [4.78, 5) is 0. The van der Waals surface area contributed by atoms with Crippen LogP contribution in [0.1, 0.15) is 27.2 Å². The zero-order valence-electron chi connectivity index (χ0n) is 8.04. The molecule has 0 saturated heterocycles. The molecule has 0 unspecified atom stereocenters. The maximum Gasteiger partial charge on any atom is 0.267 e. The predicted molar refractivity (Wildman–Crippen MR) is 49.9 cm³/mol. The van der Waals surface area contributed by atoms with Gasteiger partial charge in [0.1, 0.15) is 0 Å². The Morgan fingerprint density at radius 1 is 1.33 bits per heavy atom. The van der Waals surface area contributed by atoms with Crippen LogP contribution in [0.2, 0.25) is 0 Å². The summed E-state index contributed by atoms with van der Waals surface area (Å²) in [7, 11) is -3.23. The van der Waals surface area contributed by atoms with Gasteiger partial charge in [-0.2, -0.15) is 8.42 Å². The van der Waals surface area contributed by atoms with E-state index in [0.29, 0.717) is 12.3 Å². The molecule has 0 atom stereocenters. The van der Waals surface area contributed by atoms with E-state index in [0.717, 1.165) is 0 Å². The second kappa shape index (κ2) is 6.39. The molecule has 0 aliphatic carbocycles. The van der Waals surface area contributed by atoms with E-state index in [4.69, 9.17) is 0 Å². The molecule has 76 valence electrons. The van der Waals surface area contributed by atoms with Crippen LogP contribution in [0.25, 0.3) is 0 Å². The molecule has 0 saturated carbocycles. The van der Waals surface area contributed by atoms with Gasteiger partial charge in [0, 0.05) is 0 Å². The molecule has 0 fully saturated rings. The van der Waals surface area contributed by atoms with E-state index in [2.05, 4.69) is 4.18 Å². The first-order chi connectivity index (χ1) is 4.98. The fraction of sp³-hybridized carbons (Fsp3) is 1.00. The topological polar surface area (TPSA) is 78.4 Å². The highest BCUT2D eigenvalue weighted by molar-refractivity contribution is 7.86. The highest BCUT2D eigenvalue weighted by Gasteiger charge is 2.10. The van der Waals surface area contributed by atoms with Crippen molar-refractivity contribution in [3.8, 4) is 0 Å². The number of hydrogen-bond donors (Lipinski definition) is 1. The van der Waals surface area contributed by atoms with Crippen molar-refractivity contribution in [1.29, 1.82) is 0 Å². The van der Waals surface area contributed by atoms with Gasteiger partial charge in [0.15, 0.2) is 0 Å². The Labute approximate surface area is 75.0 Å². The van der Waals surface area contributed by atoms with E-state index in [-0.39, 0.29) is 18.5 Å². The molecule has 0 radical (unpaired) electrons. The molecule has 12 heavy (non-hydrogen) atoms. The van der Waals surface area contributed by atoms with Crippen molar-refractivity contribution in [3.05, 3.63) is 0 Å². The Morgan fingerprint density at radius 3 is 2.17 bits per heavy atom. The SMILES string of the molecule is CCOS(=O)(=O)CCC(C)C.N. The van der Waals surface area contributed by atoms with Gasteiger partial charge in [-0.1, -0.05) is 13.8 Å². The van der Waals surface area contributed by atoms with Gasteiger partial charge in [-0.15, -0.1) is 0 Å². The standard InChI is InChI=1S/C7H16O3S.H3N/c1-4-10-11(8,9)6-5-7(2)3;/h7H,4-6H2,1-3H3;1H3. The third kappa shape index (κ3) is 7.97. The molecule has 0 rings (SSSR count). The van der Waals surface area contributed by atoms with E-state index >= 15 is 0 Å². The van der Waals surface area contributed by atoms with Crippen molar-refractivity contribution in [1.82, 2.24) is 6.15 Å². The quantitative estimate of drug-likeness (QED) is 0.678. The summed E-state index contributed by atoms with van der Waals surface area (Å²) in [5.41, 5.74) is 0. The van der Waals surface area contributed by atoms with Gasteiger partial charge in [-0.3, -0.25) is 4.18 Å². The molecule has 0 aromatic heterocycles. The van der Waals surface area contributed by atoms with Gasteiger partial charge in [0.25, 0.3) is 10.1 Å². The lowest BCUT2D eigenvalue weighted by molar-refractivity contribution is 0.336. The number of rotatable bonds is 5. The summed E-state index contributed by atoms with van der Waals surface area (Å²) in [5, 5.41) is 0. The minimum atomic E-state index is -3.23. The van der Waals surface area contributed by atoms with Crippen molar-refractivity contribution < 1.29 is 12.6 Å². The summed E-state index contributed by atoms with van der Waals surface area (Å²) in [6, 6.07) is 0. The van der Waals surface area contributed by atoms with Crippen LogP contribution in [0.4, 0.5) is 0 Å². The van der Waals surface area contributed by atoms with Gasteiger partial charge in [0.2, 0.25) is 0 Å². The lowest BCUT2D eigenvalue weighted by Crippen LogP contribution is -2.11. The molecule has 0 aliphatic heterocycles. The largest absolute Gasteiger partial charge is 0.344 e. The molecule has 4 nitrogen and oxygen atoms in total. The lowest BCUT2D eigenvalue weighted by Gasteiger charge is -2.04. The second-order valence-corrected chi connectivity index (χ2v) is 4.61. The molecule has 0 spiro atoms. The Balaban J connectivity index is 0. The molecule has 3 N–H and O–H groups in total. The van der Waals surface area contributed by atoms with Crippen LogP contribution in [0, 0.1) is 5.92 Å². The average molecular weight is 197 g/mol.